The van der Waals surface area contributed by atoms with Crippen LogP contribution in [0.25, 0.3) is 16.5 Å². The van der Waals surface area contributed by atoms with Crippen molar-refractivity contribution < 1.29 is 19.1 Å². The normalized spacial score (nSPS) is 10.5. The van der Waals surface area contributed by atoms with E-state index in [0.29, 0.717) is 16.5 Å². The zero-order valence-corrected chi connectivity index (χ0v) is 16.5. The molecule has 0 aliphatic carbocycles. The molecule has 0 atom stereocenters. The molecule has 0 unspecified atom stereocenters. The number of benzene rings is 2. The summed E-state index contributed by atoms with van der Waals surface area (Å²) in [5.41, 5.74) is 0.0224. The molecule has 3 aromatic rings. The van der Waals surface area contributed by atoms with Gasteiger partial charge in [0.15, 0.2) is 12.3 Å². The number of ether oxygens (including phenoxy) is 1. The smallest absolute Gasteiger partial charge is 0.359 e. The van der Waals surface area contributed by atoms with E-state index in [1.807, 2.05) is 0 Å². The molecule has 0 saturated heterocycles. The third-order valence-corrected chi connectivity index (χ3v) is 4.41. The monoisotopic (exact) mass is 408 g/mol. The van der Waals surface area contributed by atoms with Gasteiger partial charge in [-0.25, -0.2) is 4.79 Å². The summed E-state index contributed by atoms with van der Waals surface area (Å²) in [7, 11) is 2.88. The summed E-state index contributed by atoms with van der Waals surface area (Å²) in [6.07, 6.45) is 0. The van der Waals surface area contributed by atoms with Crippen molar-refractivity contribution >= 4 is 28.6 Å². The average molecular weight is 408 g/mol. The number of carbonyl (C=O) groups is 3. The quantitative estimate of drug-likeness (QED) is 0.603. The van der Waals surface area contributed by atoms with Gasteiger partial charge in [0, 0.05) is 19.5 Å². The minimum atomic E-state index is -0.849. The molecule has 0 saturated carbocycles. The van der Waals surface area contributed by atoms with Crippen LogP contribution >= 0.6 is 0 Å². The van der Waals surface area contributed by atoms with Crippen molar-refractivity contribution in [3.8, 4) is 5.69 Å². The van der Waals surface area contributed by atoms with Gasteiger partial charge in [0.05, 0.1) is 17.6 Å². The molecular weight excluding hydrogens is 388 g/mol. The Balaban J connectivity index is 1.90. The first-order valence-electron chi connectivity index (χ1n) is 9.11. The first kappa shape index (κ1) is 20.7. The highest BCUT2D eigenvalue weighted by Gasteiger charge is 2.21. The molecule has 9 nitrogen and oxygen atoms in total. The zero-order valence-electron chi connectivity index (χ0n) is 16.5. The van der Waals surface area contributed by atoms with Crippen LogP contribution in [0.2, 0.25) is 0 Å². The third-order valence-electron chi connectivity index (χ3n) is 4.41. The highest BCUT2D eigenvalue weighted by Crippen LogP contribution is 2.16. The van der Waals surface area contributed by atoms with E-state index < -0.39 is 18.5 Å². The number of rotatable bonds is 6. The van der Waals surface area contributed by atoms with Crippen molar-refractivity contribution in [2.45, 2.75) is 0 Å². The fourth-order valence-corrected chi connectivity index (χ4v) is 2.77. The first-order chi connectivity index (χ1) is 14.4. The lowest BCUT2D eigenvalue weighted by Crippen LogP contribution is -2.39. The number of nitrogens with one attached hydrogen (secondary N) is 1. The second-order valence-corrected chi connectivity index (χ2v) is 6.45. The molecule has 2 aromatic carbocycles. The number of aromatic nitrogens is 2. The van der Waals surface area contributed by atoms with Gasteiger partial charge >= 0.3 is 5.97 Å². The third kappa shape index (κ3) is 4.35. The fraction of sp³-hybridized carbons (Fsp3) is 0.190. The van der Waals surface area contributed by atoms with Crippen molar-refractivity contribution in [1.82, 2.24) is 20.0 Å². The van der Waals surface area contributed by atoms with Crippen molar-refractivity contribution in [3.05, 3.63) is 70.6 Å². The molecule has 154 valence electrons. The summed E-state index contributed by atoms with van der Waals surface area (Å²) in [6, 6.07) is 15.2. The van der Waals surface area contributed by atoms with E-state index in [1.54, 1.807) is 54.6 Å². The predicted molar refractivity (Wildman–Crippen MR) is 109 cm³/mol. The number of fused-ring (bicyclic) bond motifs is 1. The van der Waals surface area contributed by atoms with Crippen LogP contribution in [-0.2, 0) is 14.3 Å². The van der Waals surface area contributed by atoms with Crippen LogP contribution in [0.4, 0.5) is 0 Å². The van der Waals surface area contributed by atoms with Gasteiger partial charge in [-0.05, 0) is 18.2 Å². The molecule has 0 aliphatic heterocycles. The summed E-state index contributed by atoms with van der Waals surface area (Å²) < 4.78 is 6.25. The largest absolute Gasteiger partial charge is 0.451 e. The van der Waals surface area contributed by atoms with E-state index in [-0.39, 0.29) is 23.7 Å². The van der Waals surface area contributed by atoms with Gasteiger partial charge in [0.1, 0.15) is 0 Å². The van der Waals surface area contributed by atoms with Crippen molar-refractivity contribution in [2.75, 3.05) is 27.2 Å². The Labute approximate surface area is 171 Å². The molecule has 0 fully saturated rings. The van der Waals surface area contributed by atoms with Crippen LogP contribution in [-0.4, -0.2) is 59.7 Å². The van der Waals surface area contributed by atoms with E-state index >= 15 is 0 Å². The maximum absolute atomic E-state index is 12.8. The molecule has 2 amide bonds. The topological polar surface area (TPSA) is 111 Å². The van der Waals surface area contributed by atoms with E-state index in [2.05, 4.69) is 10.4 Å². The lowest BCUT2D eigenvalue weighted by atomic mass is 10.1. The Morgan fingerprint density at radius 3 is 2.33 bits per heavy atom. The summed E-state index contributed by atoms with van der Waals surface area (Å²) >= 11 is 0. The van der Waals surface area contributed by atoms with Gasteiger partial charge < -0.3 is 15.0 Å². The molecular formula is C21H20N4O5. The van der Waals surface area contributed by atoms with E-state index in [4.69, 9.17) is 4.74 Å². The maximum Gasteiger partial charge on any atom is 0.359 e. The van der Waals surface area contributed by atoms with Crippen LogP contribution in [0, 0.1) is 0 Å². The number of para-hydroxylation sites is 1. The van der Waals surface area contributed by atoms with Crippen molar-refractivity contribution in [3.63, 3.8) is 0 Å². The van der Waals surface area contributed by atoms with Crippen LogP contribution in [0.5, 0.6) is 0 Å². The number of esters is 1. The Morgan fingerprint density at radius 1 is 1.03 bits per heavy atom. The number of hydrogen-bond donors (Lipinski definition) is 1. The summed E-state index contributed by atoms with van der Waals surface area (Å²) in [4.78, 5) is 50.2. The van der Waals surface area contributed by atoms with Crippen LogP contribution in [0.3, 0.4) is 0 Å². The number of carbonyl (C=O) groups excluding carboxylic acids is 3. The molecule has 0 aliphatic rings. The van der Waals surface area contributed by atoms with E-state index in [9.17, 15) is 19.2 Å². The van der Waals surface area contributed by atoms with Crippen LogP contribution < -0.4 is 10.9 Å². The lowest BCUT2D eigenvalue weighted by Gasteiger charge is -2.16. The number of nitrogens with zero attached hydrogens (tertiary/aromatic N) is 3. The second-order valence-electron chi connectivity index (χ2n) is 6.45. The highest BCUT2D eigenvalue weighted by molar-refractivity contribution is 6.02. The zero-order chi connectivity index (χ0) is 21.7. The first-order valence-corrected chi connectivity index (χ1v) is 9.11. The van der Waals surface area contributed by atoms with Gasteiger partial charge in [-0.15, -0.1) is 0 Å². The SMILES string of the molecule is CNC(=O)CN(C)C(=O)COC(=O)c1nn(-c2ccccc2)c(=O)c2ccccc12. The van der Waals surface area contributed by atoms with Crippen molar-refractivity contribution in [1.29, 1.82) is 0 Å². The highest BCUT2D eigenvalue weighted by atomic mass is 16.5. The maximum atomic E-state index is 12.8. The van der Waals surface area contributed by atoms with Crippen molar-refractivity contribution in [2.24, 2.45) is 0 Å². The standard InChI is InChI=1S/C21H20N4O5/c1-22-17(26)12-24(2)18(27)13-30-21(29)19-15-10-6-7-11-16(15)20(28)25(23-19)14-8-4-3-5-9-14/h3-11H,12-13H2,1-2H3,(H,22,26). The summed E-state index contributed by atoms with van der Waals surface area (Å²) in [5.74, 6) is -1.75. The molecule has 30 heavy (non-hydrogen) atoms. The molecule has 0 bridgehead atoms. The van der Waals surface area contributed by atoms with Gasteiger partial charge in [-0.3, -0.25) is 14.4 Å². The summed E-state index contributed by atoms with van der Waals surface area (Å²) in [6.45, 7) is -0.722. The average Bonchev–Trinajstić information content (AvgIpc) is 2.78. The molecule has 1 N–H and O–H groups in total. The number of likely N-dealkylation sites (N-methyl/N-ethyl adjacent to an activating group) is 2. The minimum Gasteiger partial charge on any atom is -0.451 e. The molecule has 0 spiro atoms. The van der Waals surface area contributed by atoms with Crippen LogP contribution in [0.1, 0.15) is 10.5 Å². The second kappa shape index (κ2) is 8.99. The fourth-order valence-electron chi connectivity index (χ4n) is 2.77. The molecule has 1 aromatic heterocycles. The van der Waals surface area contributed by atoms with Gasteiger partial charge in [0.2, 0.25) is 5.91 Å². The van der Waals surface area contributed by atoms with Crippen LogP contribution in [0.15, 0.2) is 59.4 Å². The molecule has 1 heterocycles. The number of amides is 2. The lowest BCUT2D eigenvalue weighted by molar-refractivity contribution is -0.137. The summed E-state index contributed by atoms with van der Waals surface area (Å²) in [5, 5.41) is 7.22. The Kier molecular flexibility index (Phi) is 6.21. The molecule has 3 rings (SSSR count). The molecule has 9 heteroatoms. The van der Waals surface area contributed by atoms with Gasteiger partial charge in [0.25, 0.3) is 11.5 Å². The van der Waals surface area contributed by atoms with E-state index in [1.165, 1.54) is 14.1 Å². The van der Waals surface area contributed by atoms with Gasteiger partial charge in [-0.2, -0.15) is 9.78 Å². The minimum absolute atomic E-state index is 0.0872. The Hall–Kier alpha value is -4.01. The Morgan fingerprint density at radius 2 is 1.67 bits per heavy atom. The van der Waals surface area contributed by atoms with Gasteiger partial charge in [-0.1, -0.05) is 36.4 Å². The molecule has 0 radical (unpaired) electrons. The number of hydrogen-bond acceptors (Lipinski definition) is 6. The predicted octanol–water partition coefficient (Wildman–Crippen LogP) is 0.747. The Bertz CT molecular complexity index is 1160. The van der Waals surface area contributed by atoms with E-state index in [0.717, 1.165) is 9.58 Å².